The monoisotopic (exact) mass is 278 g/mol. The lowest BCUT2D eigenvalue weighted by molar-refractivity contribution is -0.122. The summed E-state index contributed by atoms with van der Waals surface area (Å²) < 4.78 is 0. The number of amides is 1. The number of anilines is 2. The molecule has 2 N–H and O–H groups in total. The van der Waals surface area contributed by atoms with Crippen molar-refractivity contribution in [2.75, 3.05) is 50.1 Å². The van der Waals surface area contributed by atoms with E-state index in [0.717, 1.165) is 18.9 Å². The van der Waals surface area contributed by atoms with Gasteiger partial charge in [-0.3, -0.25) is 4.79 Å². The van der Waals surface area contributed by atoms with E-state index in [2.05, 4.69) is 20.6 Å². The Morgan fingerprint density at radius 1 is 1.60 bits per heavy atom. The van der Waals surface area contributed by atoms with Crippen molar-refractivity contribution in [3.63, 3.8) is 0 Å². The van der Waals surface area contributed by atoms with E-state index in [0.29, 0.717) is 19.0 Å². The van der Waals surface area contributed by atoms with E-state index in [1.807, 2.05) is 36.9 Å². The summed E-state index contributed by atoms with van der Waals surface area (Å²) in [7, 11) is 3.80. The highest BCUT2D eigenvalue weighted by molar-refractivity contribution is 5.85. The Bertz CT molecular complexity index is 464. The van der Waals surface area contributed by atoms with E-state index in [1.165, 1.54) is 0 Å². The van der Waals surface area contributed by atoms with Crippen LogP contribution in [0.4, 0.5) is 11.8 Å². The topological polar surface area (TPSA) is 73.4 Å². The van der Waals surface area contributed by atoms with Gasteiger partial charge in [0.2, 0.25) is 11.9 Å². The molecule has 1 unspecified atom stereocenters. The van der Waals surface area contributed by atoms with Crippen LogP contribution in [0.15, 0.2) is 12.3 Å². The van der Waals surface area contributed by atoms with Crippen molar-refractivity contribution < 1.29 is 4.79 Å². The second kappa shape index (κ2) is 6.51. The molecule has 0 spiro atoms. The molecule has 7 nitrogen and oxygen atoms in total. The van der Waals surface area contributed by atoms with Gasteiger partial charge in [0.1, 0.15) is 11.9 Å². The molecule has 1 atom stereocenters. The average molecular weight is 278 g/mol. The molecule has 1 saturated heterocycles. The molecule has 1 aromatic heterocycles. The van der Waals surface area contributed by atoms with Gasteiger partial charge in [0.15, 0.2) is 0 Å². The molecule has 7 heteroatoms. The summed E-state index contributed by atoms with van der Waals surface area (Å²) >= 11 is 0. The predicted octanol–water partition coefficient (Wildman–Crippen LogP) is -0.543. The normalized spacial score (nSPS) is 18.8. The number of nitrogens with zero attached hydrogens (tertiary/aromatic N) is 4. The molecule has 0 aliphatic carbocycles. The van der Waals surface area contributed by atoms with Crippen LogP contribution in [-0.4, -0.2) is 62.2 Å². The summed E-state index contributed by atoms with van der Waals surface area (Å²) in [4.78, 5) is 24.8. The Morgan fingerprint density at radius 2 is 2.40 bits per heavy atom. The fourth-order valence-electron chi connectivity index (χ4n) is 2.22. The minimum absolute atomic E-state index is 0.0321. The molecule has 1 amide bonds. The van der Waals surface area contributed by atoms with E-state index >= 15 is 0 Å². The standard InChI is InChI=1S/C13H22N6O/c1-4-15-12(20)10-9-14-7-8-19(10)11-5-6-16-13(17-11)18(2)3/h5-6,10,14H,4,7-9H2,1-3H3,(H,15,20). The number of hydrogen-bond donors (Lipinski definition) is 2. The third-order valence-electron chi connectivity index (χ3n) is 3.22. The molecule has 1 fully saturated rings. The molecule has 2 heterocycles. The number of hydrogen-bond acceptors (Lipinski definition) is 6. The van der Waals surface area contributed by atoms with E-state index in [9.17, 15) is 4.79 Å². The lowest BCUT2D eigenvalue weighted by Gasteiger charge is -2.36. The number of rotatable bonds is 4. The maximum absolute atomic E-state index is 12.2. The fraction of sp³-hybridized carbons (Fsp3) is 0.615. The third-order valence-corrected chi connectivity index (χ3v) is 3.22. The van der Waals surface area contributed by atoms with Crippen molar-refractivity contribution >= 4 is 17.7 Å². The van der Waals surface area contributed by atoms with Crippen LogP contribution < -0.4 is 20.4 Å². The van der Waals surface area contributed by atoms with Gasteiger partial charge in [-0.15, -0.1) is 0 Å². The van der Waals surface area contributed by atoms with Crippen LogP contribution in [0.3, 0.4) is 0 Å². The maximum atomic E-state index is 12.2. The molecule has 1 aromatic rings. The second-order valence-electron chi connectivity index (χ2n) is 4.92. The first-order valence-electron chi connectivity index (χ1n) is 6.89. The van der Waals surface area contributed by atoms with Crippen molar-refractivity contribution in [1.29, 1.82) is 0 Å². The zero-order valence-corrected chi connectivity index (χ0v) is 12.3. The van der Waals surface area contributed by atoms with Crippen LogP contribution in [-0.2, 0) is 4.79 Å². The Balaban J connectivity index is 2.23. The molecule has 2 rings (SSSR count). The molecular formula is C13H22N6O. The smallest absolute Gasteiger partial charge is 0.244 e. The third kappa shape index (κ3) is 3.16. The molecule has 0 radical (unpaired) electrons. The number of carbonyl (C=O) groups is 1. The number of nitrogens with one attached hydrogen (secondary N) is 2. The maximum Gasteiger partial charge on any atom is 0.244 e. The van der Waals surface area contributed by atoms with Crippen molar-refractivity contribution in [2.45, 2.75) is 13.0 Å². The molecule has 1 aliphatic heterocycles. The first-order valence-corrected chi connectivity index (χ1v) is 6.89. The summed E-state index contributed by atoms with van der Waals surface area (Å²) in [5.41, 5.74) is 0. The highest BCUT2D eigenvalue weighted by Crippen LogP contribution is 2.17. The van der Waals surface area contributed by atoms with Crippen LogP contribution in [0.5, 0.6) is 0 Å². The van der Waals surface area contributed by atoms with Gasteiger partial charge in [-0.25, -0.2) is 4.98 Å². The highest BCUT2D eigenvalue weighted by atomic mass is 16.2. The van der Waals surface area contributed by atoms with Gasteiger partial charge in [-0.05, 0) is 13.0 Å². The zero-order valence-electron chi connectivity index (χ0n) is 12.3. The summed E-state index contributed by atoms with van der Waals surface area (Å²) in [6, 6.07) is 1.62. The van der Waals surface area contributed by atoms with Crippen LogP contribution in [0, 0.1) is 0 Å². The van der Waals surface area contributed by atoms with Gasteiger partial charge in [-0.2, -0.15) is 4.98 Å². The fourth-order valence-corrected chi connectivity index (χ4v) is 2.22. The second-order valence-corrected chi connectivity index (χ2v) is 4.92. The van der Waals surface area contributed by atoms with Gasteiger partial charge in [-0.1, -0.05) is 0 Å². The van der Waals surface area contributed by atoms with Crippen LogP contribution >= 0.6 is 0 Å². The zero-order chi connectivity index (χ0) is 14.5. The van der Waals surface area contributed by atoms with Crippen LogP contribution in [0.1, 0.15) is 6.92 Å². The summed E-state index contributed by atoms with van der Waals surface area (Å²) in [5.74, 6) is 1.47. The summed E-state index contributed by atoms with van der Waals surface area (Å²) in [6.45, 7) is 4.79. The SMILES string of the molecule is CCNC(=O)C1CNCCN1c1ccnc(N(C)C)n1. The summed E-state index contributed by atoms with van der Waals surface area (Å²) in [6.07, 6.45) is 1.73. The molecular weight excluding hydrogens is 256 g/mol. The van der Waals surface area contributed by atoms with Gasteiger partial charge in [0, 0.05) is 46.5 Å². The number of likely N-dealkylation sites (N-methyl/N-ethyl adjacent to an activating group) is 1. The van der Waals surface area contributed by atoms with Gasteiger partial charge >= 0.3 is 0 Å². The number of aromatic nitrogens is 2. The Morgan fingerprint density at radius 3 is 3.10 bits per heavy atom. The van der Waals surface area contributed by atoms with Crippen molar-refractivity contribution in [3.05, 3.63) is 12.3 Å². The number of carbonyl (C=O) groups excluding carboxylic acids is 1. The van der Waals surface area contributed by atoms with Crippen molar-refractivity contribution in [1.82, 2.24) is 20.6 Å². The van der Waals surface area contributed by atoms with Crippen LogP contribution in [0.2, 0.25) is 0 Å². The largest absolute Gasteiger partial charge is 0.355 e. The quantitative estimate of drug-likeness (QED) is 0.770. The first-order chi connectivity index (χ1) is 9.63. The average Bonchev–Trinajstić information content (AvgIpc) is 2.47. The molecule has 20 heavy (non-hydrogen) atoms. The summed E-state index contributed by atoms with van der Waals surface area (Å²) in [5, 5.41) is 6.13. The molecule has 0 saturated carbocycles. The molecule has 1 aliphatic rings. The lowest BCUT2D eigenvalue weighted by Crippen LogP contribution is -2.58. The van der Waals surface area contributed by atoms with Crippen molar-refractivity contribution in [2.24, 2.45) is 0 Å². The van der Waals surface area contributed by atoms with Gasteiger partial charge in [0.05, 0.1) is 0 Å². The first kappa shape index (κ1) is 14.5. The minimum Gasteiger partial charge on any atom is -0.355 e. The van der Waals surface area contributed by atoms with Gasteiger partial charge in [0.25, 0.3) is 0 Å². The van der Waals surface area contributed by atoms with E-state index < -0.39 is 0 Å². The molecule has 0 bridgehead atoms. The number of piperazine rings is 1. The Hall–Kier alpha value is -1.89. The van der Waals surface area contributed by atoms with E-state index in [4.69, 9.17) is 0 Å². The van der Waals surface area contributed by atoms with Crippen molar-refractivity contribution in [3.8, 4) is 0 Å². The Labute approximate surface area is 119 Å². The highest BCUT2D eigenvalue weighted by Gasteiger charge is 2.29. The predicted molar refractivity (Wildman–Crippen MR) is 79.0 cm³/mol. The van der Waals surface area contributed by atoms with E-state index in [1.54, 1.807) is 6.20 Å². The molecule has 110 valence electrons. The van der Waals surface area contributed by atoms with Crippen LogP contribution in [0.25, 0.3) is 0 Å². The lowest BCUT2D eigenvalue weighted by atomic mass is 10.1. The van der Waals surface area contributed by atoms with Gasteiger partial charge < -0.3 is 20.4 Å². The van der Waals surface area contributed by atoms with E-state index in [-0.39, 0.29) is 11.9 Å². The molecule has 0 aromatic carbocycles. The Kier molecular flexibility index (Phi) is 4.73. The minimum atomic E-state index is -0.228.